The molecule has 0 fully saturated rings. The van der Waals surface area contributed by atoms with Gasteiger partial charge >= 0.3 is 0 Å². The lowest BCUT2D eigenvalue weighted by atomic mass is 10.1. The molecule has 1 aromatic heterocycles. The molecule has 1 aliphatic heterocycles. The van der Waals surface area contributed by atoms with Crippen LogP contribution in [0.15, 0.2) is 24.5 Å². The van der Waals surface area contributed by atoms with Crippen LogP contribution in [0.2, 0.25) is 0 Å². The van der Waals surface area contributed by atoms with Gasteiger partial charge in [0.2, 0.25) is 0 Å². The summed E-state index contributed by atoms with van der Waals surface area (Å²) < 4.78 is 1.89. The zero-order chi connectivity index (χ0) is 13.4. The Balaban J connectivity index is 1.85. The number of aromatic nitrogens is 3. The van der Waals surface area contributed by atoms with Crippen LogP contribution in [-0.2, 0) is 13.1 Å². The van der Waals surface area contributed by atoms with Gasteiger partial charge in [-0.1, -0.05) is 0 Å². The highest BCUT2D eigenvalue weighted by Gasteiger charge is 2.23. The smallest absolute Gasteiger partial charge is 0.254 e. The van der Waals surface area contributed by atoms with Crippen molar-refractivity contribution in [3.63, 3.8) is 0 Å². The predicted octanol–water partition coefficient (Wildman–Crippen LogP) is 0.345. The van der Waals surface area contributed by atoms with Crippen molar-refractivity contribution >= 4 is 5.91 Å². The van der Waals surface area contributed by atoms with Crippen molar-refractivity contribution in [3.05, 3.63) is 35.9 Å². The predicted molar refractivity (Wildman–Crippen MR) is 64.5 cm³/mol. The van der Waals surface area contributed by atoms with Crippen LogP contribution in [0, 0.1) is 0 Å². The Labute approximate surface area is 108 Å². The van der Waals surface area contributed by atoms with Crippen LogP contribution in [0.1, 0.15) is 16.2 Å². The van der Waals surface area contributed by atoms with E-state index >= 15 is 0 Å². The third kappa shape index (κ3) is 2.10. The standard InChI is InChI=1S/C12H12N4O3/c17-9-3-8(4-10(18)5-9)12(19)15-1-2-16-7-13-14-11(16)6-15/h3-5,7,17-18H,1-2,6H2. The van der Waals surface area contributed by atoms with Crippen LogP contribution in [0.5, 0.6) is 11.5 Å². The first-order valence-electron chi connectivity index (χ1n) is 5.82. The fourth-order valence-corrected chi connectivity index (χ4v) is 2.14. The molecule has 2 heterocycles. The molecule has 1 aliphatic rings. The van der Waals surface area contributed by atoms with Crippen molar-refractivity contribution in [1.82, 2.24) is 19.7 Å². The van der Waals surface area contributed by atoms with Gasteiger partial charge in [-0.3, -0.25) is 4.79 Å². The van der Waals surface area contributed by atoms with Gasteiger partial charge in [-0.15, -0.1) is 10.2 Å². The summed E-state index contributed by atoms with van der Waals surface area (Å²) in [5.74, 6) is 0.205. The largest absolute Gasteiger partial charge is 0.508 e. The van der Waals surface area contributed by atoms with Crippen LogP contribution in [0.3, 0.4) is 0 Å². The molecule has 0 saturated heterocycles. The maximum Gasteiger partial charge on any atom is 0.254 e. The molecule has 0 aliphatic carbocycles. The molecule has 3 rings (SSSR count). The molecule has 7 heteroatoms. The molecule has 98 valence electrons. The average Bonchev–Trinajstić information content (AvgIpc) is 2.83. The summed E-state index contributed by atoms with van der Waals surface area (Å²) in [6.45, 7) is 1.55. The van der Waals surface area contributed by atoms with Gasteiger partial charge in [0.05, 0.1) is 6.54 Å². The number of aromatic hydroxyl groups is 2. The lowest BCUT2D eigenvalue weighted by molar-refractivity contribution is 0.0706. The van der Waals surface area contributed by atoms with Crippen molar-refractivity contribution in [1.29, 1.82) is 0 Å². The van der Waals surface area contributed by atoms with Gasteiger partial charge in [0, 0.05) is 24.7 Å². The third-order valence-electron chi connectivity index (χ3n) is 3.08. The number of hydrogen-bond acceptors (Lipinski definition) is 5. The first-order valence-corrected chi connectivity index (χ1v) is 5.82. The fourth-order valence-electron chi connectivity index (χ4n) is 2.14. The van der Waals surface area contributed by atoms with E-state index in [2.05, 4.69) is 10.2 Å². The number of carbonyl (C=O) groups is 1. The summed E-state index contributed by atoms with van der Waals surface area (Å²) >= 11 is 0. The molecule has 0 radical (unpaired) electrons. The summed E-state index contributed by atoms with van der Waals surface area (Å²) in [6.07, 6.45) is 1.64. The monoisotopic (exact) mass is 260 g/mol. The second kappa shape index (κ2) is 4.27. The molecule has 1 aromatic carbocycles. The lowest BCUT2D eigenvalue weighted by Gasteiger charge is -2.27. The Morgan fingerprint density at radius 2 is 1.89 bits per heavy atom. The summed E-state index contributed by atoms with van der Waals surface area (Å²) in [5, 5.41) is 26.5. The normalized spacial score (nSPS) is 14.2. The van der Waals surface area contributed by atoms with E-state index in [-0.39, 0.29) is 23.0 Å². The number of hydrogen-bond donors (Lipinski definition) is 2. The summed E-state index contributed by atoms with van der Waals surface area (Å²) in [5.41, 5.74) is 0.255. The average molecular weight is 260 g/mol. The van der Waals surface area contributed by atoms with Crippen molar-refractivity contribution < 1.29 is 15.0 Å². The van der Waals surface area contributed by atoms with E-state index in [1.54, 1.807) is 11.2 Å². The number of amides is 1. The Hall–Kier alpha value is -2.57. The molecule has 19 heavy (non-hydrogen) atoms. The van der Waals surface area contributed by atoms with Crippen molar-refractivity contribution in [2.45, 2.75) is 13.1 Å². The molecule has 2 aromatic rings. The third-order valence-corrected chi connectivity index (χ3v) is 3.08. The zero-order valence-electron chi connectivity index (χ0n) is 10.0. The second-order valence-corrected chi connectivity index (χ2v) is 4.41. The highest BCUT2D eigenvalue weighted by molar-refractivity contribution is 5.95. The number of benzene rings is 1. The van der Waals surface area contributed by atoms with E-state index < -0.39 is 0 Å². The fraction of sp³-hybridized carbons (Fsp3) is 0.250. The molecule has 0 spiro atoms. The van der Waals surface area contributed by atoms with E-state index in [1.807, 2.05) is 4.57 Å². The summed E-state index contributed by atoms with van der Waals surface area (Å²) in [4.78, 5) is 13.9. The minimum Gasteiger partial charge on any atom is -0.508 e. The molecule has 0 bridgehead atoms. The molecule has 7 nitrogen and oxygen atoms in total. The van der Waals surface area contributed by atoms with Crippen LogP contribution in [-0.4, -0.2) is 42.3 Å². The lowest BCUT2D eigenvalue weighted by Crippen LogP contribution is -2.38. The molecule has 2 N–H and O–H groups in total. The van der Waals surface area contributed by atoms with E-state index in [0.717, 1.165) is 5.82 Å². The Bertz CT molecular complexity index is 617. The minimum absolute atomic E-state index is 0.136. The van der Waals surface area contributed by atoms with Crippen LogP contribution < -0.4 is 0 Å². The highest BCUT2D eigenvalue weighted by Crippen LogP contribution is 2.22. The SMILES string of the molecule is O=C(c1cc(O)cc(O)c1)N1CCn2cnnc2C1. The quantitative estimate of drug-likeness (QED) is 0.771. The Morgan fingerprint density at radius 1 is 1.16 bits per heavy atom. The minimum atomic E-state index is -0.250. The number of rotatable bonds is 1. The Morgan fingerprint density at radius 3 is 2.63 bits per heavy atom. The maximum atomic E-state index is 12.3. The number of phenolic OH excluding ortho intramolecular Hbond substituents is 2. The molecule has 0 unspecified atom stereocenters. The summed E-state index contributed by atoms with van der Waals surface area (Å²) in [6, 6.07) is 3.85. The van der Waals surface area contributed by atoms with E-state index in [0.29, 0.717) is 19.6 Å². The number of carbonyl (C=O) groups excluding carboxylic acids is 1. The van der Waals surface area contributed by atoms with Crippen molar-refractivity contribution in [2.24, 2.45) is 0 Å². The molecular weight excluding hydrogens is 248 g/mol. The van der Waals surface area contributed by atoms with Crippen molar-refractivity contribution in [2.75, 3.05) is 6.54 Å². The molecule has 1 amide bonds. The molecule has 0 atom stereocenters. The van der Waals surface area contributed by atoms with Gasteiger partial charge in [-0.2, -0.15) is 0 Å². The van der Waals surface area contributed by atoms with Crippen LogP contribution in [0.4, 0.5) is 0 Å². The van der Waals surface area contributed by atoms with Gasteiger partial charge < -0.3 is 19.7 Å². The molecular formula is C12H12N4O3. The van der Waals surface area contributed by atoms with Gasteiger partial charge in [0.25, 0.3) is 5.91 Å². The molecule has 0 saturated carbocycles. The number of nitrogens with zero attached hydrogens (tertiary/aromatic N) is 4. The second-order valence-electron chi connectivity index (χ2n) is 4.41. The van der Waals surface area contributed by atoms with Crippen molar-refractivity contribution in [3.8, 4) is 11.5 Å². The summed E-state index contributed by atoms with van der Waals surface area (Å²) in [7, 11) is 0. The van der Waals surface area contributed by atoms with Gasteiger partial charge in [-0.05, 0) is 12.1 Å². The highest BCUT2D eigenvalue weighted by atomic mass is 16.3. The number of fused-ring (bicyclic) bond motifs is 1. The van der Waals surface area contributed by atoms with Gasteiger partial charge in [0.15, 0.2) is 5.82 Å². The van der Waals surface area contributed by atoms with Gasteiger partial charge in [0.1, 0.15) is 17.8 Å². The first-order chi connectivity index (χ1) is 9.13. The van der Waals surface area contributed by atoms with Crippen LogP contribution in [0.25, 0.3) is 0 Å². The topological polar surface area (TPSA) is 91.5 Å². The maximum absolute atomic E-state index is 12.3. The zero-order valence-corrected chi connectivity index (χ0v) is 10.0. The van der Waals surface area contributed by atoms with Gasteiger partial charge in [-0.25, -0.2) is 0 Å². The van der Waals surface area contributed by atoms with E-state index in [4.69, 9.17) is 0 Å². The van der Waals surface area contributed by atoms with Crippen LogP contribution >= 0.6 is 0 Å². The Kier molecular flexibility index (Phi) is 2.59. The first kappa shape index (κ1) is 11.5. The number of phenols is 2. The van der Waals surface area contributed by atoms with E-state index in [9.17, 15) is 15.0 Å². The van der Waals surface area contributed by atoms with E-state index in [1.165, 1.54) is 18.2 Å².